The first-order valence-electron chi connectivity index (χ1n) is 8.82. The van der Waals surface area contributed by atoms with E-state index < -0.39 is 0 Å². The minimum atomic E-state index is 0.149. The Kier molecular flexibility index (Phi) is 6.05. The van der Waals surface area contributed by atoms with Gasteiger partial charge in [-0.05, 0) is 56.3 Å². The maximum Gasteiger partial charge on any atom is 0.220 e. The van der Waals surface area contributed by atoms with Gasteiger partial charge in [0.25, 0.3) is 0 Å². The highest BCUT2D eigenvalue weighted by atomic mass is 32.1. The zero-order valence-corrected chi connectivity index (χ0v) is 15.1. The monoisotopic (exact) mass is 342 g/mol. The zero-order valence-electron chi connectivity index (χ0n) is 14.3. The van der Waals surface area contributed by atoms with E-state index in [0.717, 1.165) is 19.5 Å². The van der Waals surface area contributed by atoms with Crippen LogP contribution in [0, 0.1) is 6.92 Å². The predicted octanol–water partition coefficient (Wildman–Crippen LogP) is 3.94. The van der Waals surface area contributed by atoms with Crippen molar-refractivity contribution in [3.8, 4) is 0 Å². The van der Waals surface area contributed by atoms with Gasteiger partial charge >= 0.3 is 0 Å². The second-order valence-electron chi connectivity index (χ2n) is 6.56. The lowest BCUT2D eigenvalue weighted by atomic mass is 10.1. The zero-order chi connectivity index (χ0) is 16.8. The van der Waals surface area contributed by atoms with Gasteiger partial charge in [0.15, 0.2) is 0 Å². The largest absolute Gasteiger partial charge is 0.354 e. The Labute approximate surface area is 148 Å². The molecule has 0 aliphatic carbocycles. The highest BCUT2D eigenvalue weighted by molar-refractivity contribution is 7.10. The Morgan fingerprint density at radius 3 is 2.62 bits per heavy atom. The van der Waals surface area contributed by atoms with Crippen LogP contribution in [0.4, 0.5) is 0 Å². The smallest absolute Gasteiger partial charge is 0.220 e. The molecule has 2 aromatic rings. The summed E-state index contributed by atoms with van der Waals surface area (Å²) in [5.41, 5.74) is 2.48. The Morgan fingerprint density at radius 1 is 1.21 bits per heavy atom. The van der Waals surface area contributed by atoms with Crippen molar-refractivity contribution in [1.82, 2.24) is 10.2 Å². The van der Waals surface area contributed by atoms with Crippen molar-refractivity contribution in [1.29, 1.82) is 0 Å². The number of carbonyl (C=O) groups excluding carboxylic acids is 1. The third-order valence-corrected chi connectivity index (χ3v) is 5.68. The van der Waals surface area contributed by atoms with Crippen LogP contribution >= 0.6 is 11.3 Å². The Morgan fingerprint density at radius 2 is 1.96 bits per heavy atom. The molecule has 1 aliphatic heterocycles. The van der Waals surface area contributed by atoms with Crippen molar-refractivity contribution in [2.75, 3.05) is 19.6 Å². The van der Waals surface area contributed by atoms with E-state index in [1.807, 2.05) is 0 Å². The topological polar surface area (TPSA) is 32.3 Å². The molecule has 3 rings (SSSR count). The summed E-state index contributed by atoms with van der Waals surface area (Å²) in [6.45, 7) is 5.08. The van der Waals surface area contributed by atoms with Crippen LogP contribution in [0.5, 0.6) is 0 Å². The van der Waals surface area contributed by atoms with Gasteiger partial charge in [-0.15, -0.1) is 11.3 Å². The van der Waals surface area contributed by atoms with Crippen molar-refractivity contribution in [2.45, 2.75) is 38.6 Å². The first-order chi connectivity index (χ1) is 11.7. The maximum atomic E-state index is 12.2. The second kappa shape index (κ2) is 8.45. The van der Waals surface area contributed by atoms with Crippen LogP contribution in [0.2, 0.25) is 0 Å². The van der Waals surface area contributed by atoms with Crippen LogP contribution < -0.4 is 5.32 Å². The third kappa shape index (κ3) is 4.68. The normalized spacial score (nSPS) is 16.2. The van der Waals surface area contributed by atoms with Crippen LogP contribution in [0.3, 0.4) is 0 Å². The molecule has 0 spiro atoms. The molecule has 24 heavy (non-hydrogen) atoms. The number of hydrogen-bond acceptors (Lipinski definition) is 3. The van der Waals surface area contributed by atoms with E-state index in [1.165, 1.54) is 28.8 Å². The average molecular weight is 343 g/mol. The summed E-state index contributed by atoms with van der Waals surface area (Å²) in [7, 11) is 0. The van der Waals surface area contributed by atoms with Crippen LogP contribution in [0.1, 0.15) is 41.3 Å². The third-order valence-electron chi connectivity index (χ3n) is 4.71. The molecule has 1 aliphatic rings. The van der Waals surface area contributed by atoms with Crippen LogP contribution in [0.15, 0.2) is 41.8 Å². The van der Waals surface area contributed by atoms with Gasteiger partial charge in [-0.2, -0.15) is 0 Å². The first-order valence-corrected chi connectivity index (χ1v) is 9.70. The van der Waals surface area contributed by atoms with E-state index in [4.69, 9.17) is 0 Å². The SMILES string of the molecule is Cc1ccc(CCC(=O)NCC(c2cccs2)N2CCCC2)cc1. The summed E-state index contributed by atoms with van der Waals surface area (Å²) in [4.78, 5) is 16.1. The fourth-order valence-electron chi connectivity index (χ4n) is 3.26. The molecule has 1 amide bonds. The van der Waals surface area contributed by atoms with Crippen LogP contribution in [0.25, 0.3) is 0 Å². The number of nitrogens with zero attached hydrogens (tertiary/aromatic N) is 1. The van der Waals surface area contributed by atoms with Gasteiger partial charge in [-0.3, -0.25) is 9.69 Å². The van der Waals surface area contributed by atoms with Crippen LogP contribution in [-0.2, 0) is 11.2 Å². The summed E-state index contributed by atoms with van der Waals surface area (Å²) >= 11 is 1.79. The molecule has 1 atom stereocenters. The summed E-state index contributed by atoms with van der Waals surface area (Å²) < 4.78 is 0. The number of hydrogen-bond donors (Lipinski definition) is 1. The number of thiophene rings is 1. The van der Waals surface area contributed by atoms with Gasteiger partial charge in [0, 0.05) is 17.8 Å². The maximum absolute atomic E-state index is 12.2. The molecule has 0 saturated carbocycles. The van der Waals surface area contributed by atoms with Gasteiger partial charge in [-0.1, -0.05) is 35.9 Å². The lowest BCUT2D eigenvalue weighted by Crippen LogP contribution is -2.36. The highest BCUT2D eigenvalue weighted by Crippen LogP contribution is 2.27. The van der Waals surface area contributed by atoms with Gasteiger partial charge in [0.05, 0.1) is 6.04 Å². The van der Waals surface area contributed by atoms with E-state index in [0.29, 0.717) is 19.0 Å². The summed E-state index contributed by atoms with van der Waals surface area (Å²) in [6, 6.07) is 13.0. The van der Waals surface area contributed by atoms with E-state index in [1.54, 1.807) is 11.3 Å². The molecule has 1 saturated heterocycles. The number of aryl methyl sites for hydroxylation is 2. The molecule has 1 aromatic carbocycles. The minimum Gasteiger partial charge on any atom is -0.354 e. The summed E-state index contributed by atoms with van der Waals surface area (Å²) in [5, 5.41) is 5.28. The summed E-state index contributed by atoms with van der Waals surface area (Å²) in [6.07, 6.45) is 3.90. The van der Waals surface area contributed by atoms with Crippen molar-refractivity contribution < 1.29 is 4.79 Å². The first kappa shape index (κ1) is 17.2. The van der Waals surface area contributed by atoms with Crippen LogP contribution in [-0.4, -0.2) is 30.4 Å². The van der Waals surface area contributed by atoms with Gasteiger partial charge in [0.1, 0.15) is 0 Å². The number of rotatable bonds is 7. The van der Waals surface area contributed by atoms with Crippen molar-refractivity contribution in [3.05, 3.63) is 57.8 Å². The predicted molar refractivity (Wildman–Crippen MR) is 100 cm³/mol. The number of carbonyl (C=O) groups is 1. The fraction of sp³-hybridized carbons (Fsp3) is 0.450. The molecule has 128 valence electrons. The number of likely N-dealkylation sites (tertiary alicyclic amines) is 1. The average Bonchev–Trinajstić information content (AvgIpc) is 3.29. The molecule has 0 bridgehead atoms. The molecular weight excluding hydrogens is 316 g/mol. The van der Waals surface area contributed by atoms with Gasteiger partial charge < -0.3 is 5.32 Å². The fourth-order valence-corrected chi connectivity index (χ4v) is 4.12. The Bertz CT molecular complexity index is 630. The molecule has 3 nitrogen and oxygen atoms in total. The van der Waals surface area contributed by atoms with Crippen molar-refractivity contribution in [3.63, 3.8) is 0 Å². The highest BCUT2D eigenvalue weighted by Gasteiger charge is 2.24. The molecule has 1 aromatic heterocycles. The van der Waals surface area contributed by atoms with Crippen molar-refractivity contribution in [2.24, 2.45) is 0 Å². The minimum absolute atomic E-state index is 0.149. The second-order valence-corrected chi connectivity index (χ2v) is 7.54. The molecule has 4 heteroatoms. The standard InChI is InChI=1S/C20H26N2OS/c1-16-6-8-17(9-7-16)10-11-20(23)21-15-18(19-5-4-14-24-19)22-12-2-3-13-22/h4-9,14,18H,2-3,10-13,15H2,1H3,(H,21,23). The molecule has 1 N–H and O–H groups in total. The van der Waals surface area contributed by atoms with E-state index >= 15 is 0 Å². The van der Waals surface area contributed by atoms with Gasteiger partial charge in [-0.25, -0.2) is 0 Å². The molecular formula is C20H26N2OS. The Hall–Kier alpha value is -1.65. The molecule has 0 radical (unpaired) electrons. The van der Waals surface area contributed by atoms with E-state index in [-0.39, 0.29) is 5.91 Å². The summed E-state index contributed by atoms with van der Waals surface area (Å²) in [5.74, 6) is 0.149. The van der Waals surface area contributed by atoms with Gasteiger partial charge in [0.2, 0.25) is 5.91 Å². The number of benzene rings is 1. The van der Waals surface area contributed by atoms with E-state index in [2.05, 4.69) is 58.9 Å². The molecule has 1 fully saturated rings. The van der Waals surface area contributed by atoms with E-state index in [9.17, 15) is 4.79 Å². The number of amides is 1. The number of nitrogens with one attached hydrogen (secondary N) is 1. The quantitative estimate of drug-likeness (QED) is 0.826. The lowest BCUT2D eigenvalue weighted by Gasteiger charge is -2.26. The lowest BCUT2D eigenvalue weighted by molar-refractivity contribution is -0.121. The van der Waals surface area contributed by atoms with Crippen molar-refractivity contribution >= 4 is 17.2 Å². The Balaban J connectivity index is 1.50. The molecule has 1 unspecified atom stereocenters. The molecule has 2 heterocycles.